The number of imidazole rings is 1. The van der Waals surface area contributed by atoms with Gasteiger partial charge in [-0.3, -0.25) is 9.55 Å². The van der Waals surface area contributed by atoms with Crippen LogP contribution < -0.4 is 0 Å². The smallest absolute Gasteiger partial charge is 0.149 e. The first-order valence-electron chi connectivity index (χ1n) is 26.6. The minimum absolute atomic E-state index is 0.0515. The summed E-state index contributed by atoms with van der Waals surface area (Å²) < 4.78 is 88.7. The van der Waals surface area contributed by atoms with E-state index in [4.69, 9.17) is 17.3 Å². The van der Waals surface area contributed by atoms with Gasteiger partial charge in [0, 0.05) is 27.0 Å². The molecule has 0 spiro atoms. The average molecular weight is 840 g/mol. The minimum Gasteiger partial charge on any atom is -0.507 e. The third kappa shape index (κ3) is 8.61. The molecule has 63 heavy (non-hydrogen) atoms. The van der Waals surface area contributed by atoms with E-state index in [0.717, 1.165) is 50.1 Å². The molecule has 0 aliphatic carbocycles. The van der Waals surface area contributed by atoms with Crippen LogP contribution >= 0.6 is 0 Å². The largest absolute Gasteiger partial charge is 0.507 e. The SMILES string of the molecule is [2H]c1nc(-c2cc(-c3cccc4c3nc(-c3cc(C(C)(C)C)cc(C(C)(C)C)c3O)n4-c3ccc(-c4ccccc4)cc3C(C)(C)C)cc(C(C)(C)C)c2)c([2H])c(-c2c([2H])c([2H])c([2H])c(C([2H])([2H])[2H])c2[2H])c1[2H]. The monoisotopic (exact) mass is 840 g/mol. The number of fused-ring (bicyclic) bond motifs is 1. The fraction of sp³-hybridized carbons (Fsp3) is 0.288. The van der Waals surface area contributed by atoms with Crippen molar-refractivity contribution in [2.45, 2.75) is 112 Å². The molecule has 0 fully saturated rings. The first-order chi connectivity index (χ1) is 33.7. The Morgan fingerprint density at radius 2 is 1.24 bits per heavy atom. The summed E-state index contributed by atoms with van der Waals surface area (Å²) in [4.78, 5) is 10.0. The van der Waals surface area contributed by atoms with Gasteiger partial charge in [-0.05, 0) is 122 Å². The van der Waals surface area contributed by atoms with Crippen LogP contribution in [0.4, 0.5) is 0 Å². The molecule has 6 aromatic carbocycles. The minimum atomic E-state index is -3.01. The Hall–Kier alpha value is -6.26. The highest BCUT2D eigenvalue weighted by atomic mass is 16.3. The maximum Gasteiger partial charge on any atom is 0.149 e. The molecule has 0 aliphatic rings. The number of aromatic hydroxyl groups is 1. The zero-order valence-electron chi connectivity index (χ0n) is 48.5. The van der Waals surface area contributed by atoms with Gasteiger partial charge in [-0.1, -0.05) is 173 Å². The summed E-state index contributed by atoms with van der Waals surface area (Å²) in [7, 11) is 0. The van der Waals surface area contributed by atoms with Crippen molar-refractivity contribution < 1.29 is 18.8 Å². The maximum atomic E-state index is 12.6. The second-order valence-electron chi connectivity index (χ2n) is 20.7. The summed E-state index contributed by atoms with van der Waals surface area (Å²) in [6.45, 7) is 22.4. The molecule has 4 heteroatoms. The molecular formula is C59H63N3O. The van der Waals surface area contributed by atoms with Gasteiger partial charge >= 0.3 is 0 Å². The Morgan fingerprint density at radius 1 is 0.556 bits per heavy atom. The molecule has 2 heterocycles. The van der Waals surface area contributed by atoms with Gasteiger partial charge in [-0.15, -0.1) is 0 Å². The van der Waals surface area contributed by atoms with Crippen LogP contribution in [-0.4, -0.2) is 19.6 Å². The van der Waals surface area contributed by atoms with Crippen LogP contribution in [0.25, 0.3) is 72.7 Å². The first kappa shape index (κ1) is 32.4. The summed E-state index contributed by atoms with van der Waals surface area (Å²) in [5.74, 6) is 0.669. The lowest BCUT2D eigenvalue weighted by molar-refractivity contribution is 0.446. The maximum absolute atomic E-state index is 12.6. The molecule has 2 aromatic heterocycles. The molecule has 0 atom stereocenters. The van der Waals surface area contributed by atoms with E-state index in [1.54, 1.807) is 0 Å². The Bertz CT molecular complexity index is 3510. The van der Waals surface area contributed by atoms with Gasteiger partial charge in [0.05, 0.1) is 37.6 Å². The Morgan fingerprint density at radius 3 is 1.92 bits per heavy atom. The van der Waals surface area contributed by atoms with Crippen molar-refractivity contribution in [1.82, 2.24) is 14.5 Å². The highest BCUT2D eigenvalue weighted by Gasteiger charge is 2.31. The molecule has 8 aromatic rings. The molecule has 0 saturated carbocycles. The number of phenolic OH excluding ortho intramolecular Hbond substituents is 1. The number of nitrogens with zero attached hydrogens (tertiary/aromatic N) is 3. The van der Waals surface area contributed by atoms with Crippen LogP contribution in [0.1, 0.15) is 125 Å². The summed E-state index contributed by atoms with van der Waals surface area (Å²) >= 11 is 0. The van der Waals surface area contributed by atoms with E-state index in [1.165, 1.54) is 0 Å². The third-order valence-corrected chi connectivity index (χ3v) is 11.7. The molecule has 1 N–H and O–H groups in total. The van der Waals surface area contributed by atoms with E-state index >= 15 is 0 Å². The van der Waals surface area contributed by atoms with Gasteiger partial charge in [-0.25, -0.2) is 4.98 Å². The Labute approximate surface area is 389 Å². The lowest BCUT2D eigenvalue weighted by atomic mass is 9.78. The first-order valence-corrected chi connectivity index (χ1v) is 21.6. The summed E-state index contributed by atoms with van der Waals surface area (Å²) in [5.41, 5.74) is 7.20. The Balaban J connectivity index is 1.48. The fourth-order valence-electron chi connectivity index (χ4n) is 8.11. The normalized spacial score (nSPS) is 15.0. The number of pyridine rings is 1. The number of hydrogen-bond acceptors (Lipinski definition) is 3. The van der Waals surface area contributed by atoms with Crippen molar-refractivity contribution in [1.29, 1.82) is 0 Å². The topological polar surface area (TPSA) is 50.9 Å². The highest BCUT2D eigenvalue weighted by molar-refractivity contribution is 5.97. The molecule has 0 radical (unpaired) electrons. The van der Waals surface area contributed by atoms with E-state index < -0.39 is 76.8 Å². The molecule has 4 nitrogen and oxygen atoms in total. The van der Waals surface area contributed by atoms with Gasteiger partial charge in [-0.2, -0.15) is 0 Å². The van der Waals surface area contributed by atoms with Crippen molar-refractivity contribution >= 4 is 11.0 Å². The number of aromatic nitrogens is 3. The predicted octanol–water partition coefficient (Wildman–Crippen LogP) is 16.0. The number of rotatable bonds is 6. The summed E-state index contributed by atoms with van der Waals surface area (Å²) in [6, 6.07) is 28.5. The molecular weight excluding hydrogens is 767 g/mol. The standard InChI is InChI=1S/C59H63N3O/c1-37-19-17-22-39(29-37)41-27-28-60-50(34-41)43-30-42(31-44(32-43)56(2,3)4)46-23-18-24-52-53(46)61-55(47-35-45(57(5,6)7)36-49(54(47)63)59(11,12)13)62(52)51-26-25-40(33-48(51)58(8,9)10)38-20-15-14-16-21-38/h14-36,63H,1-13H3/i1D3,17D,19D,22D,27D,28D,29D,34D. The molecule has 8 rings (SSSR count). The molecule has 0 bridgehead atoms. The third-order valence-electron chi connectivity index (χ3n) is 11.7. The van der Waals surface area contributed by atoms with E-state index in [-0.39, 0.29) is 22.3 Å². The van der Waals surface area contributed by atoms with E-state index in [9.17, 15) is 6.48 Å². The lowest BCUT2D eigenvalue weighted by Crippen LogP contribution is -2.18. The number of para-hydroxylation sites is 1. The summed E-state index contributed by atoms with van der Waals surface area (Å²) in [5, 5.41) is 12.6. The zero-order chi connectivity index (χ0) is 53.8. The van der Waals surface area contributed by atoms with E-state index in [1.807, 2.05) is 69.3 Å². The van der Waals surface area contributed by atoms with Crippen molar-refractivity contribution in [2.24, 2.45) is 0 Å². The van der Waals surface area contributed by atoms with Crippen LogP contribution in [-0.2, 0) is 21.7 Å². The van der Waals surface area contributed by atoms with Gasteiger partial charge in [0.1, 0.15) is 11.6 Å². The quantitative estimate of drug-likeness (QED) is 0.181. The lowest BCUT2D eigenvalue weighted by Gasteiger charge is -2.28. The zero-order valence-corrected chi connectivity index (χ0v) is 38.5. The van der Waals surface area contributed by atoms with Gasteiger partial charge in [0.25, 0.3) is 0 Å². The second-order valence-corrected chi connectivity index (χ2v) is 20.7. The second kappa shape index (κ2) is 15.8. The summed E-state index contributed by atoms with van der Waals surface area (Å²) in [6.07, 6.45) is -0.579. The van der Waals surface area contributed by atoms with Gasteiger partial charge in [0.15, 0.2) is 0 Å². The van der Waals surface area contributed by atoms with Crippen molar-refractivity contribution in [3.63, 3.8) is 0 Å². The fourth-order valence-corrected chi connectivity index (χ4v) is 8.11. The number of phenols is 1. The van der Waals surface area contributed by atoms with Crippen LogP contribution in [0.2, 0.25) is 0 Å². The number of hydrogen-bond donors (Lipinski definition) is 1. The van der Waals surface area contributed by atoms with E-state index in [0.29, 0.717) is 28.0 Å². The average Bonchev–Trinajstić information content (AvgIpc) is 3.68. The van der Waals surface area contributed by atoms with Gasteiger partial charge < -0.3 is 5.11 Å². The van der Waals surface area contributed by atoms with Crippen molar-refractivity contribution in [2.75, 3.05) is 0 Å². The molecule has 0 amide bonds. The number of benzene rings is 6. The van der Waals surface area contributed by atoms with Crippen molar-refractivity contribution in [3.8, 4) is 67.5 Å². The van der Waals surface area contributed by atoms with Crippen LogP contribution in [0.5, 0.6) is 5.75 Å². The Kier molecular flexibility index (Phi) is 8.14. The van der Waals surface area contributed by atoms with Crippen molar-refractivity contribution in [3.05, 3.63) is 167 Å². The van der Waals surface area contributed by atoms with Crippen LogP contribution in [0.3, 0.4) is 0 Å². The molecule has 320 valence electrons. The predicted molar refractivity (Wildman–Crippen MR) is 267 cm³/mol. The highest BCUT2D eigenvalue weighted by Crippen LogP contribution is 2.46. The van der Waals surface area contributed by atoms with Gasteiger partial charge in [0.2, 0.25) is 0 Å². The molecule has 0 aliphatic heterocycles. The van der Waals surface area contributed by atoms with Crippen LogP contribution in [0, 0.1) is 6.85 Å². The van der Waals surface area contributed by atoms with E-state index in [2.05, 4.69) is 120 Å². The molecule has 0 saturated heterocycles. The molecule has 0 unspecified atom stereocenters. The van der Waals surface area contributed by atoms with Crippen LogP contribution in [0.15, 0.2) is 139 Å².